The summed E-state index contributed by atoms with van der Waals surface area (Å²) in [6.07, 6.45) is 18.2. The molecule has 1 N–H and O–H groups in total. The molecule has 1 unspecified atom stereocenters. The van der Waals surface area contributed by atoms with Gasteiger partial charge in [-0.05, 0) is 81.1 Å². The molecule has 1 nitrogen and oxygen atoms in total. The van der Waals surface area contributed by atoms with Gasteiger partial charge in [-0.2, -0.15) is 0 Å². The molecule has 4 rings (SSSR count). The van der Waals surface area contributed by atoms with Crippen LogP contribution in [0.15, 0.2) is 0 Å². The summed E-state index contributed by atoms with van der Waals surface area (Å²) in [4.78, 5) is 0. The molecular formula is C18H29N. The van der Waals surface area contributed by atoms with Crippen molar-refractivity contribution in [2.24, 2.45) is 23.2 Å². The van der Waals surface area contributed by atoms with E-state index >= 15 is 0 Å². The zero-order valence-corrected chi connectivity index (χ0v) is 12.5. The van der Waals surface area contributed by atoms with Gasteiger partial charge in [0.05, 0.1) is 0 Å². The molecule has 1 atom stereocenters. The maximum atomic E-state index is 5.46. The Bertz CT molecular complexity index is 316. The highest BCUT2D eigenvalue weighted by Crippen LogP contribution is 2.61. The molecule has 0 aliphatic heterocycles. The van der Waals surface area contributed by atoms with Gasteiger partial charge in [-0.3, -0.25) is 0 Å². The first-order chi connectivity index (χ1) is 9.23. The van der Waals surface area contributed by atoms with Crippen LogP contribution in [-0.2, 0) is 0 Å². The van der Waals surface area contributed by atoms with Crippen molar-refractivity contribution in [3.63, 3.8) is 0 Å². The minimum atomic E-state index is 0.664. The van der Waals surface area contributed by atoms with Crippen LogP contribution in [0.5, 0.6) is 0 Å². The Morgan fingerprint density at radius 2 is 1.74 bits per heavy atom. The van der Waals surface area contributed by atoms with Gasteiger partial charge in [-0.15, -0.1) is 12.3 Å². The Hall–Kier alpha value is -0.480. The van der Waals surface area contributed by atoms with Gasteiger partial charge in [0.1, 0.15) is 0 Å². The normalized spacial score (nSPS) is 41.2. The third-order valence-electron chi connectivity index (χ3n) is 5.97. The van der Waals surface area contributed by atoms with Gasteiger partial charge in [-0.1, -0.05) is 6.92 Å². The second-order valence-corrected chi connectivity index (χ2v) is 7.62. The molecule has 0 radical (unpaired) electrons. The van der Waals surface area contributed by atoms with E-state index in [1.165, 1.54) is 32.1 Å². The second kappa shape index (κ2) is 5.49. The van der Waals surface area contributed by atoms with E-state index in [1.807, 2.05) is 0 Å². The van der Waals surface area contributed by atoms with Gasteiger partial charge in [0, 0.05) is 12.5 Å². The van der Waals surface area contributed by atoms with E-state index in [0.717, 1.165) is 30.7 Å². The van der Waals surface area contributed by atoms with Crippen molar-refractivity contribution >= 4 is 0 Å². The van der Waals surface area contributed by atoms with Crippen molar-refractivity contribution < 1.29 is 0 Å². The third kappa shape index (κ3) is 2.84. The van der Waals surface area contributed by atoms with Gasteiger partial charge >= 0.3 is 0 Å². The number of rotatable bonds is 6. The molecule has 0 spiro atoms. The molecule has 4 fully saturated rings. The van der Waals surface area contributed by atoms with E-state index in [2.05, 4.69) is 18.2 Å². The molecule has 1 heteroatoms. The first-order valence-corrected chi connectivity index (χ1v) is 8.40. The minimum Gasteiger partial charge on any atom is -0.314 e. The van der Waals surface area contributed by atoms with Gasteiger partial charge < -0.3 is 5.32 Å². The molecule has 0 amide bonds. The summed E-state index contributed by atoms with van der Waals surface area (Å²) in [6, 6.07) is 0.664. The predicted octanol–water partition coefficient (Wildman–Crippen LogP) is 3.98. The summed E-state index contributed by atoms with van der Waals surface area (Å²) in [5.74, 6) is 6.04. The largest absolute Gasteiger partial charge is 0.314 e. The second-order valence-electron chi connectivity index (χ2n) is 7.62. The molecule has 0 heterocycles. The van der Waals surface area contributed by atoms with Crippen LogP contribution in [0, 0.1) is 35.5 Å². The fraction of sp³-hybridized carbons (Fsp3) is 0.889. The van der Waals surface area contributed by atoms with Crippen molar-refractivity contribution in [2.45, 2.75) is 70.8 Å². The molecule has 0 aromatic heterocycles. The minimum absolute atomic E-state index is 0.664. The summed E-state index contributed by atoms with van der Waals surface area (Å²) < 4.78 is 0. The SMILES string of the molecule is C#CCCC(CC12CC3CC(CC(C3)C1)C2)NCC. The average molecular weight is 259 g/mol. The number of hydrogen-bond acceptors (Lipinski definition) is 1. The van der Waals surface area contributed by atoms with Crippen LogP contribution in [0.25, 0.3) is 0 Å². The Kier molecular flexibility index (Phi) is 3.90. The van der Waals surface area contributed by atoms with Crippen molar-refractivity contribution in [2.75, 3.05) is 6.54 Å². The summed E-state index contributed by atoms with van der Waals surface area (Å²) >= 11 is 0. The highest BCUT2D eigenvalue weighted by molar-refractivity contribution is 5.03. The molecule has 19 heavy (non-hydrogen) atoms. The molecule has 4 aliphatic rings. The molecule has 0 aromatic carbocycles. The van der Waals surface area contributed by atoms with E-state index < -0.39 is 0 Å². The summed E-state index contributed by atoms with van der Waals surface area (Å²) in [7, 11) is 0. The molecular weight excluding hydrogens is 230 g/mol. The summed E-state index contributed by atoms with van der Waals surface area (Å²) in [6.45, 7) is 3.31. The zero-order valence-electron chi connectivity index (χ0n) is 12.5. The van der Waals surface area contributed by atoms with Crippen molar-refractivity contribution in [3.05, 3.63) is 0 Å². The molecule has 0 aromatic rings. The topological polar surface area (TPSA) is 12.0 Å². The lowest BCUT2D eigenvalue weighted by Gasteiger charge is -2.57. The van der Waals surface area contributed by atoms with E-state index in [0.29, 0.717) is 11.5 Å². The molecule has 4 saturated carbocycles. The van der Waals surface area contributed by atoms with E-state index in [-0.39, 0.29) is 0 Å². The van der Waals surface area contributed by atoms with Crippen molar-refractivity contribution in [3.8, 4) is 12.3 Å². The standard InChI is InChI=1S/C18H29N/c1-3-5-6-17(19-4-2)13-18-10-14-7-15(11-18)9-16(8-14)12-18/h1,14-17,19H,4-13H2,2H3. The molecule has 0 saturated heterocycles. The quantitative estimate of drug-likeness (QED) is 0.711. The van der Waals surface area contributed by atoms with Gasteiger partial charge in [0.2, 0.25) is 0 Å². The van der Waals surface area contributed by atoms with Crippen LogP contribution < -0.4 is 5.32 Å². The Labute approximate surface area is 118 Å². The number of hydrogen-bond donors (Lipinski definition) is 1. The first kappa shape index (κ1) is 13.5. The lowest BCUT2D eigenvalue weighted by molar-refractivity contribution is -0.0622. The fourth-order valence-corrected chi connectivity index (χ4v) is 5.89. The lowest BCUT2D eigenvalue weighted by atomic mass is 9.48. The first-order valence-electron chi connectivity index (χ1n) is 8.40. The highest BCUT2D eigenvalue weighted by Gasteiger charge is 2.51. The van der Waals surface area contributed by atoms with Crippen LogP contribution in [-0.4, -0.2) is 12.6 Å². The van der Waals surface area contributed by atoms with Gasteiger partial charge in [0.15, 0.2) is 0 Å². The van der Waals surface area contributed by atoms with Crippen LogP contribution in [0.3, 0.4) is 0 Å². The van der Waals surface area contributed by atoms with E-state index in [1.54, 1.807) is 19.3 Å². The van der Waals surface area contributed by atoms with E-state index in [9.17, 15) is 0 Å². The van der Waals surface area contributed by atoms with Crippen LogP contribution in [0.4, 0.5) is 0 Å². The molecule has 106 valence electrons. The Balaban J connectivity index is 1.65. The number of nitrogens with one attached hydrogen (secondary N) is 1. The van der Waals surface area contributed by atoms with Crippen LogP contribution in [0.2, 0.25) is 0 Å². The van der Waals surface area contributed by atoms with Crippen molar-refractivity contribution in [1.29, 1.82) is 0 Å². The van der Waals surface area contributed by atoms with Gasteiger partial charge in [-0.25, -0.2) is 0 Å². The molecule has 4 aliphatic carbocycles. The number of terminal acetylenes is 1. The fourth-order valence-electron chi connectivity index (χ4n) is 5.89. The van der Waals surface area contributed by atoms with Crippen LogP contribution in [0.1, 0.15) is 64.7 Å². The monoisotopic (exact) mass is 259 g/mol. The highest BCUT2D eigenvalue weighted by atomic mass is 14.9. The van der Waals surface area contributed by atoms with Gasteiger partial charge in [0.25, 0.3) is 0 Å². The summed E-state index contributed by atoms with van der Waals surface area (Å²) in [5, 5.41) is 3.70. The van der Waals surface area contributed by atoms with Crippen molar-refractivity contribution in [1.82, 2.24) is 5.32 Å². The summed E-state index contributed by atoms with van der Waals surface area (Å²) in [5.41, 5.74) is 0.691. The Morgan fingerprint density at radius 3 is 2.21 bits per heavy atom. The maximum absolute atomic E-state index is 5.46. The molecule has 4 bridgehead atoms. The predicted molar refractivity (Wildman–Crippen MR) is 80.8 cm³/mol. The average Bonchev–Trinajstić information content (AvgIpc) is 2.34. The Morgan fingerprint density at radius 1 is 1.16 bits per heavy atom. The third-order valence-corrected chi connectivity index (χ3v) is 5.97. The zero-order chi connectivity index (χ0) is 13.3. The van der Waals surface area contributed by atoms with E-state index in [4.69, 9.17) is 6.42 Å². The smallest absolute Gasteiger partial charge is 0.0101 e. The lowest BCUT2D eigenvalue weighted by Crippen LogP contribution is -2.48. The van der Waals surface area contributed by atoms with Crippen LogP contribution >= 0.6 is 0 Å². The maximum Gasteiger partial charge on any atom is 0.0101 e.